The average molecular weight is 406 g/mol. The number of rotatable bonds is 2. The Hall–Kier alpha value is -0.551. The Labute approximate surface area is 134 Å². The molecule has 0 aromatic carbocycles. The van der Waals surface area contributed by atoms with Crippen molar-refractivity contribution in [3.63, 3.8) is 0 Å². The summed E-state index contributed by atoms with van der Waals surface area (Å²) in [7, 11) is 0. The molecule has 20 heavy (non-hydrogen) atoms. The van der Waals surface area contributed by atoms with Crippen molar-refractivity contribution in [2.24, 2.45) is 5.73 Å². The third-order valence-corrected chi connectivity index (χ3v) is 7.18. The Bertz CT molecular complexity index is 480. The van der Waals surface area contributed by atoms with Gasteiger partial charge in [0, 0.05) is 0 Å². The average Bonchev–Trinajstić information content (AvgIpc) is 2.50. The second-order valence-corrected chi connectivity index (χ2v) is 7.87. The van der Waals surface area contributed by atoms with Gasteiger partial charge in [0.15, 0.2) is 0 Å². The van der Waals surface area contributed by atoms with Gasteiger partial charge >= 0.3 is 134 Å². The first-order chi connectivity index (χ1) is 9.53. The number of halogens is 1. The Morgan fingerprint density at radius 2 is 2.10 bits per heavy atom. The van der Waals surface area contributed by atoms with Crippen molar-refractivity contribution in [1.29, 1.82) is 0 Å². The van der Waals surface area contributed by atoms with Gasteiger partial charge in [0.25, 0.3) is 0 Å². The molecule has 0 radical (unpaired) electrons. The summed E-state index contributed by atoms with van der Waals surface area (Å²) in [6.07, 6.45) is 10.6. The van der Waals surface area contributed by atoms with Crippen LogP contribution in [0, 0.1) is 0 Å². The maximum atomic E-state index is 11.4. The van der Waals surface area contributed by atoms with Crippen molar-refractivity contribution in [3.8, 4) is 0 Å². The number of allylic oxidation sites excluding steroid dienone is 3. The van der Waals surface area contributed by atoms with E-state index in [0.29, 0.717) is 12.0 Å². The van der Waals surface area contributed by atoms with E-state index in [1.165, 1.54) is 6.42 Å². The van der Waals surface area contributed by atoms with Crippen LogP contribution in [-0.4, -0.2) is 31.8 Å². The second-order valence-electron chi connectivity index (χ2n) is 5.14. The zero-order chi connectivity index (χ0) is 14.6. The van der Waals surface area contributed by atoms with Gasteiger partial charge in [-0.05, 0) is 0 Å². The SMILES string of the molecule is NC(=O)/C1=C/C=C\N[Se]/C(C2(O)CCCCC2)=C(/Br)C1. The third-order valence-electron chi connectivity index (χ3n) is 3.63. The molecule has 1 aliphatic carbocycles. The number of carbonyl (C=O) groups is 1. The fourth-order valence-corrected chi connectivity index (χ4v) is 5.40. The van der Waals surface area contributed by atoms with Crippen molar-refractivity contribution >= 4 is 37.0 Å². The molecule has 4 nitrogen and oxygen atoms in total. The monoisotopic (exact) mass is 406 g/mol. The molecule has 1 amide bonds. The summed E-state index contributed by atoms with van der Waals surface area (Å²) in [5.41, 5.74) is 5.20. The molecule has 0 atom stereocenters. The quantitative estimate of drug-likeness (QED) is 0.613. The number of nitrogens with two attached hydrogens (primary N) is 1. The number of carbonyl (C=O) groups excluding carboxylic acids is 1. The van der Waals surface area contributed by atoms with E-state index >= 15 is 0 Å². The van der Waals surface area contributed by atoms with Crippen LogP contribution in [0.15, 0.2) is 32.9 Å². The Balaban J connectivity index is 2.32. The molecular formula is C14H19BrN2O2Se. The summed E-state index contributed by atoms with van der Waals surface area (Å²) in [6.45, 7) is 0. The van der Waals surface area contributed by atoms with Crippen molar-refractivity contribution < 1.29 is 9.90 Å². The molecule has 2 aliphatic rings. The number of aliphatic hydroxyl groups is 1. The summed E-state index contributed by atoms with van der Waals surface area (Å²) in [4.78, 5) is 11.4. The molecule has 0 aromatic rings. The summed E-state index contributed by atoms with van der Waals surface area (Å²) >= 11 is 3.53. The molecule has 2 rings (SSSR count). The van der Waals surface area contributed by atoms with Crippen LogP contribution in [0.1, 0.15) is 38.5 Å². The molecule has 0 aromatic heterocycles. The number of hydrogen-bond donors (Lipinski definition) is 3. The van der Waals surface area contributed by atoms with Crippen molar-refractivity contribution in [3.05, 3.63) is 32.9 Å². The van der Waals surface area contributed by atoms with Gasteiger partial charge in [-0.25, -0.2) is 0 Å². The molecule has 6 heteroatoms. The molecule has 1 heterocycles. The minimum atomic E-state index is -0.745. The van der Waals surface area contributed by atoms with E-state index in [0.717, 1.165) is 34.6 Å². The molecular weight excluding hydrogens is 387 g/mol. The van der Waals surface area contributed by atoms with Gasteiger partial charge in [-0.1, -0.05) is 0 Å². The van der Waals surface area contributed by atoms with Gasteiger partial charge in [0.1, 0.15) is 0 Å². The van der Waals surface area contributed by atoms with E-state index in [1.54, 1.807) is 18.4 Å². The van der Waals surface area contributed by atoms with Crippen molar-refractivity contribution in [1.82, 2.24) is 4.33 Å². The van der Waals surface area contributed by atoms with Gasteiger partial charge in [-0.15, -0.1) is 0 Å². The van der Waals surface area contributed by atoms with Gasteiger partial charge in [0.05, 0.1) is 0 Å². The molecule has 1 aliphatic heterocycles. The number of amides is 1. The fraction of sp³-hybridized carbons (Fsp3) is 0.500. The molecule has 0 saturated heterocycles. The summed E-state index contributed by atoms with van der Waals surface area (Å²) in [5.74, 6) is -0.420. The third kappa shape index (κ3) is 3.76. The maximum absolute atomic E-state index is 11.4. The van der Waals surface area contributed by atoms with E-state index in [4.69, 9.17) is 5.73 Å². The predicted octanol–water partition coefficient (Wildman–Crippen LogP) is 1.83. The Morgan fingerprint density at radius 1 is 1.40 bits per heavy atom. The molecule has 0 spiro atoms. The first-order valence-electron chi connectivity index (χ1n) is 6.72. The molecule has 1 saturated carbocycles. The number of nitrogens with one attached hydrogen (secondary N) is 1. The molecule has 1 fully saturated rings. The summed E-state index contributed by atoms with van der Waals surface area (Å²) in [6, 6.07) is 0. The second kappa shape index (κ2) is 6.94. The van der Waals surface area contributed by atoms with Crippen molar-refractivity contribution in [2.45, 2.75) is 44.1 Å². The topological polar surface area (TPSA) is 75.4 Å². The van der Waals surface area contributed by atoms with E-state index in [-0.39, 0.29) is 15.2 Å². The van der Waals surface area contributed by atoms with E-state index in [1.807, 2.05) is 0 Å². The predicted molar refractivity (Wildman–Crippen MR) is 83.9 cm³/mol. The van der Waals surface area contributed by atoms with Crippen molar-refractivity contribution in [2.75, 3.05) is 0 Å². The van der Waals surface area contributed by atoms with Gasteiger partial charge in [0.2, 0.25) is 0 Å². The Kier molecular flexibility index (Phi) is 5.49. The van der Waals surface area contributed by atoms with Crippen LogP contribution >= 0.6 is 15.9 Å². The minimum absolute atomic E-state index is 0.0393. The van der Waals surface area contributed by atoms with E-state index in [2.05, 4.69) is 20.3 Å². The zero-order valence-electron chi connectivity index (χ0n) is 11.2. The van der Waals surface area contributed by atoms with Crippen LogP contribution in [0.3, 0.4) is 0 Å². The van der Waals surface area contributed by atoms with Gasteiger partial charge in [-0.3, -0.25) is 0 Å². The first kappa shape index (κ1) is 15.8. The molecule has 110 valence electrons. The molecule has 4 N–H and O–H groups in total. The number of primary amides is 1. The Morgan fingerprint density at radius 3 is 2.75 bits per heavy atom. The van der Waals surface area contributed by atoms with Gasteiger partial charge in [-0.2, -0.15) is 0 Å². The standard InChI is InChI=1S/C14H19BrN2O2Se/c15-11-9-10(13(16)18)5-4-8-17-20-12(11)14(19)6-2-1-3-7-14/h4-5,8,17,19H,1-3,6-7,9H2,(H2,16,18)/b8-4-,10-5+,12-11+. The fourth-order valence-electron chi connectivity index (χ4n) is 2.54. The van der Waals surface area contributed by atoms with Crippen LogP contribution < -0.4 is 10.1 Å². The molecule has 0 unspecified atom stereocenters. The van der Waals surface area contributed by atoms with E-state index < -0.39 is 11.5 Å². The zero-order valence-corrected chi connectivity index (χ0v) is 14.5. The van der Waals surface area contributed by atoms with E-state index in [9.17, 15) is 9.90 Å². The number of hydrogen-bond acceptors (Lipinski definition) is 3. The van der Waals surface area contributed by atoms with Crippen LogP contribution in [0.4, 0.5) is 0 Å². The molecule has 0 bridgehead atoms. The first-order valence-corrected chi connectivity index (χ1v) is 9.23. The summed E-state index contributed by atoms with van der Waals surface area (Å²) in [5, 5.41) is 10.9. The van der Waals surface area contributed by atoms with Gasteiger partial charge < -0.3 is 0 Å². The summed E-state index contributed by atoms with van der Waals surface area (Å²) < 4.78 is 5.12. The normalized spacial score (nSPS) is 31.0. The van der Waals surface area contributed by atoms with Crippen LogP contribution in [0.25, 0.3) is 0 Å². The van der Waals surface area contributed by atoms with Crippen LogP contribution in [0.2, 0.25) is 0 Å². The van der Waals surface area contributed by atoms with Crippen LogP contribution in [0.5, 0.6) is 0 Å². The van der Waals surface area contributed by atoms with Crippen LogP contribution in [-0.2, 0) is 4.79 Å².